The number of nitrogens with zero attached hydrogens (tertiary/aromatic N) is 1. The minimum absolute atomic E-state index is 0.114. The molecule has 8 heteroatoms. The molecule has 3 rings (SSSR count). The highest BCUT2D eigenvalue weighted by atomic mass is 32.1. The Kier molecular flexibility index (Phi) is 6.37. The number of carbonyl (C=O) groups is 1. The van der Waals surface area contributed by atoms with Crippen molar-refractivity contribution in [2.75, 3.05) is 12.4 Å². The van der Waals surface area contributed by atoms with Crippen molar-refractivity contribution in [2.45, 2.75) is 27.4 Å². The van der Waals surface area contributed by atoms with Crippen LogP contribution >= 0.6 is 11.3 Å². The molecule has 0 bridgehead atoms. The second kappa shape index (κ2) is 8.96. The van der Waals surface area contributed by atoms with Crippen LogP contribution in [0.5, 0.6) is 11.5 Å². The number of rotatable bonds is 7. The summed E-state index contributed by atoms with van der Waals surface area (Å²) in [6.07, 6.45) is 0. The number of nitro groups is 1. The van der Waals surface area contributed by atoms with Gasteiger partial charge in [-0.05, 0) is 55.5 Å². The van der Waals surface area contributed by atoms with Gasteiger partial charge in [-0.25, -0.2) is 0 Å². The highest BCUT2D eigenvalue weighted by molar-refractivity contribution is 7.12. The summed E-state index contributed by atoms with van der Waals surface area (Å²) in [7, 11) is 1.42. The monoisotopic (exact) mass is 426 g/mol. The first-order valence-corrected chi connectivity index (χ1v) is 10.1. The molecule has 0 aliphatic carbocycles. The van der Waals surface area contributed by atoms with Crippen molar-refractivity contribution in [3.63, 3.8) is 0 Å². The Morgan fingerprint density at radius 1 is 1.13 bits per heavy atom. The Labute approximate surface area is 178 Å². The van der Waals surface area contributed by atoms with Crippen molar-refractivity contribution in [1.82, 2.24) is 0 Å². The van der Waals surface area contributed by atoms with Crippen molar-refractivity contribution < 1.29 is 19.2 Å². The molecule has 0 fully saturated rings. The Morgan fingerprint density at radius 3 is 2.47 bits per heavy atom. The molecule has 0 unspecified atom stereocenters. The molecular weight excluding hydrogens is 404 g/mol. The number of nitrogens with one attached hydrogen (secondary N) is 1. The third-order valence-corrected chi connectivity index (χ3v) is 5.49. The first kappa shape index (κ1) is 21.3. The van der Waals surface area contributed by atoms with Gasteiger partial charge in [-0.3, -0.25) is 14.9 Å². The number of thiophene rings is 1. The molecule has 1 amide bonds. The summed E-state index contributed by atoms with van der Waals surface area (Å²) >= 11 is 1.26. The highest BCUT2D eigenvalue weighted by Gasteiger charge is 2.19. The molecule has 0 aliphatic heterocycles. The maximum atomic E-state index is 12.6. The average molecular weight is 426 g/mol. The van der Waals surface area contributed by atoms with E-state index in [1.165, 1.54) is 36.1 Å². The summed E-state index contributed by atoms with van der Waals surface area (Å²) in [5, 5.41) is 15.7. The third kappa shape index (κ3) is 4.77. The number of nitro benzene ring substituents is 1. The maximum Gasteiger partial charge on any atom is 0.296 e. The molecule has 30 heavy (non-hydrogen) atoms. The zero-order valence-corrected chi connectivity index (χ0v) is 18.0. The fourth-order valence-electron chi connectivity index (χ4n) is 3.20. The van der Waals surface area contributed by atoms with Crippen LogP contribution in [0, 0.1) is 30.9 Å². The van der Waals surface area contributed by atoms with Gasteiger partial charge < -0.3 is 14.8 Å². The van der Waals surface area contributed by atoms with Gasteiger partial charge in [0.1, 0.15) is 23.8 Å². The van der Waals surface area contributed by atoms with E-state index in [0.29, 0.717) is 17.2 Å². The van der Waals surface area contributed by atoms with Gasteiger partial charge in [-0.1, -0.05) is 17.7 Å². The summed E-state index contributed by atoms with van der Waals surface area (Å²) in [6, 6.07) is 10.1. The molecule has 1 heterocycles. The first-order chi connectivity index (χ1) is 14.3. The van der Waals surface area contributed by atoms with Gasteiger partial charge in [-0.15, -0.1) is 11.3 Å². The lowest BCUT2D eigenvalue weighted by atomic mass is 10.1. The Balaban J connectivity index is 1.71. The van der Waals surface area contributed by atoms with Crippen molar-refractivity contribution in [1.29, 1.82) is 0 Å². The van der Waals surface area contributed by atoms with Crippen molar-refractivity contribution in [2.24, 2.45) is 0 Å². The highest BCUT2D eigenvalue weighted by Crippen LogP contribution is 2.30. The summed E-state index contributed by atoms with van der Waals surface area (Å²) < 4.78 is 11.0. The van der Waals surface area contributed by atoms with Crippen molar-refractivity contribution >= 4 is 28.6 Å². The van der Waals surface area contributed by atoms with E-state index in [4.69, 9.17) is 9.47 Å². The van der Waals surface area contributed by atoms with E-state index >= 15 is 0 Å². The number of carbonyl (C=O) groups excluding carboxylic acids is 1. The molecule has 1 aromatic heterocycles. The van der Waals surface area contributed by atoms with Gasteiger partial charge in [0.2, 0.25) is 0 Å². The number of aryl methyl sites for hydroxylation is 3. The Hall–Kier alpha value is -3.39. The van der Waals surface area contributed by atoms with Crippen LogP contribution in [0.1, 0.15) is 31.9 Å². The van der Waals surface area contributed by atoms with Gasteiger partial charge in [-0.2, -0.15) is 0 Å². The topological polar surface area (TPSA) is 90.7 Å². The van der Waals surface area contributed by atoms with Crippen LogP contribution in [0.25, 0.3) is 0 Å². The molecule has 3 aromatic rings. The fraction of sp³-hybridized carbons (Fsp3) is 0.227. The molecule has 0 spiro atoms. The third-order valence-electron chi connectivity index (χ3n) is 4.52. The van der Waals surface area contributed by atoms with Gasteiger partial charge in [0, 0.05) is 5.56 Å². The predicted octanol–water partition coefficient (Wildman–Crippen LogP) is 5.42. The number of hydrogen-bond donors (Lipinski definition) is 1. The number of benzene rings is 2. The first-order valence-electron chi connectivity index (χ1n) is 9.20. The quantitative estimate of drug-likeness (QED) is 0.402. The largest absolute Gasteiger partial charge is 0.496 e. The van der Waals surface area contributed by atoms with Crippen LogP contribution < -0.4 is 14.8 Å². The van der Waals surface area contributed by atoms with E-state index in [-0.39, 0.29) is 11.4 Å². The minimum Gasteiger partial charge on any atom is -0.496 e. The number of amides is 1. The van der Waals surface area contributed by atoms with Crippen LogP contribution in [0.2, 0.25) is 0 Å². The van der Waals surface area contributed by atoms with Gasteiger partial charge >= 0.3 is 0 Å². The van der Waals surface area contributed by atoms with Gasteiger partial charge in [0.15, 0.2) is 0 Å². The molecule has 7 nitrogen and oxygen atoms in total. The molecular formula is C22H22N2O5S. The minimum atomic E-state index is -0.557. The summed E-state index contributed by atoms with van der Waals surface area (Å²) in [4.78, 5) is 23.8. The van der Waals surface area contributed by atoms with E-state index in [9.17, 15) is 14.9 Å². The SMILES string of the molecule is COc1ccc(NC(=O)c2cc(COc3c(C)cc(C)cc3C)cs2)c([N+](=O)[O-])c1. The molecule has 0 aliphatic rings. The van der Waals surface area contributed by atoms with Crippen molar-refractivity contribution in [3.05, 3.63) is 79.0 Å². The molecule has 2 aromatic carbocycles. The number of anilines is 1. The smallest absolute Gasteiger partial charge is 0.296 e. The van der Waals surface area contributed by atoms with Crippen LogP contribution in [0.4, 0.5) is 11.4 Å². The average Bonchev–Trinajstić information content (AvgIpc) is 3.16. The van der Waals surface area contributed by atoms with Crippen LogP contribution in [0.3, 0.4) is 0 Å². The van der Waals surface area contributed by atoms with Crippen LogP contribution in [-0.4, -0.2) is 17.9 Å². The molecule has 156 valence electrons. The number of ether oxygens (including phenoxy) is 2. The second-order valence-corrected chi connectivity index (χ2v) is 7.84. The fourth-order valence-corrected chi connectivity index (χ4v) is 3.99. The van der Waals surface area contributed by atoms with Gasteiger partial charge in [0.25, 0.3) is 11.6 Å². The maximum absolute atomic E-state index is 12.6. The van der Waals surface area contributed by atoms with Crippen molar-refractivity contribution in [3.8, 4) is 11.5 Å². The molecule has 0 radical (unpaired) electrons. The normalized spacial score (nSPS) is 10.5. The predicted molar refractivity (Wildman–Crippen MR) is 117 cm³/mol. The summed E-state index contributed by atoms with van der Waals surface area (Å²) in [5.41, 5.74) is 4.05. The van der Waals surface area contributed by atoms with Crippen LogP contribution in [-0.2, 0) is 6.61 Å². The molecule has 0 atom stereocenters. The standard InChI is InChI=1S/C22H22N2O5S/c1-13-7-14(2)21(15(3)8-13)29-11-16-9-20(30-12-16)22(25)23-18-6-5-17(28-4)10-19(18)24(26)27/h5-10,12H,11H2,1-4H3,(H,23,25). The lowest BCUT2D eigenvalue weighted by molar-refractivity contribution is -0.384. The van der Waals surface area contributed by atoms with Gasteiger partial charge in [0.05, 0.1) is 23.0 Å². The lowest BCUT2D eigenvalue weighted by Crippen LogP contribution is -2.11. The van der Waals surface area contributed by atoms with E-state index in [0.717, 1.165) is 22.4 Å². The zero-order chi connectivity index (χ0) is 21.8. The number of hydrogen-bond acceptors (Lipinski definition) is 6. The summed E-state index contributed by atoms with van der Waals surface area (Å²) in [6.45, 7) is 6.38. The Bertz CT molecular complexity index is 1080. The molecule has 0 saturated heterocycles. The van der Waals surface area contributed by atoms with E-state index in [2.05, 4.69) is 17.4 Å². The van der Waals surface area contributed by atoms with E-state index in [1.807, 2.05) is 26.2 Å². The van der Waals surface area contributed by atoms with E-state index in [1.54, 1.807) is 12.1 Å². The number of methoxy groups -OCH3 is 1. The molecule has 1 N–H and O–H groups in total. The Morgan fingerprint density at radius 2 is 1.83 bits per heavy atom. The van der Waals surface area contributed by atoms with E-state index < -0.39 is 10.8 Å². The van der Waals surface area contributed by atoms with Crippen LogP contribution in [0.15, 0.2) is 41.8 Å². The second-order valence-electron chi connectivity index (χ2n) is 6.93. The zero-order valence-electron chi connectivity index (χ0n) is 17.1. The summed E-state index contributed by atoms with van der Waals surface area (Å²) in [5.74, 6) is 0.769. The lowest BCUT2D eigenvalue weighted by Gasteiger charge is -2.12. The molecule has 0 saturated carbocycles.